The van der Waals surface area contributed by atoms with Gasteiger partial charge >= 0.3 is 12.3 Å². The van der Waals surface area contributed by atoms with Crippen molar-refractivity contribution in [3.8, 4) is 5.75 Å². The zero-order valence-electron chi connectivity index (χ0n) is 10.5. The fourth-order valence-electron chi connectivity index (χ4n) is 1.50. The Morgan fingerprint density at radius 2 is 2.10 bits per heavy atom. The van der Waals surface area contributed by atoms with Crippen LogP contribution in [0.3, 0.4) is 0 Å². The molecule has 0 saturated carbocycles. The zero-order valence-corrected chi connectivity index (χ0v) is 10.5. The molecule has 5 nitrogen and oxygen atoms in total. The summed E-state index contributed by atoms with van der Waals surface area (Å²) in [4.78, 5) is 14.7. The summed E-state index contributed by atoms with van der Waals surface area (Å²) in [5.74, 6) is -2.77. The SMILES string of the molecule is CCOC(=O)Cc1nc(F)cc(OC(F)(F)F)c1CN. The van der Waals surface area contributed by atoms with Crippen LogP contribution in [0.1, 0.15) is 18.2 Å². The van der Waals surface area contributed by atoms with Crippen molar-refractivity contribution in [1.29, 1.82) is 0 Å². The average Bonchev–Trinajstić information content (AvgIpc) is 2.26. The van der Waals surface area contributed by atoms with Gasteiger partial charge in [0.2, 0.25) is 5.95 Å². The number of aromatic nitrogens is 1. The first kappa shape index (κ1) is 16.2. The van der Waals surface area contributed by atoms with Crippen molar-refractivity contribution in [1.82, 2.24) is 4.98 Å². The Morgan fingerprint density at radius 1 is 1.45 bits per heavy atom. The Bertz CT molecular complexity index is 491. The smallest absolute Gasteiger partial charge is 0.466 e. The van der Waals surface area contributed by atoms with Crippen LogP contribution < -0.4 is 10.5 Å². The molecule has 2 N–H and O–H groups in total. The highest BCUT2D eigenvalue weighted by atomic mass is 19.4. The van der Waals surface area contributed by atoms with Gasteiger partial charge in [-0.15, -0.1) is 13.2 Å². The van der Waals surface area contributed by atoms with Gasteiger partial charge in [0.05, 0.1) is 18.7 Å². The topological polar surface area (TPSA) is 74.4 Å². The normalized spacial score (nSPS) is 11.3. The minimum atomic E-state index is -5.00. The predicted molar refractivity (Wildman–Crippen MR) is 59.1 cm³/mol. The molecular formula is C11H12F4N2O3. The Morgan fingerprint density at radius 3 is 2.60 bits per heavy atom. The van der Waals surface area contributed by atoms with Crippen LogP contribution >= 0.6 is 0 Å². The molecule has 0 aliphatic rings. The lowest BCUT2D eigenvalue weighted by Gasteiger charge is -2.15. The first-order chi connectivity index (χ1) is 9.26. The van der Waals surface area contributed by atoms with Crippen molar-refractivity contribution in [3.63, 3.8) is 0 Å². The monoisotopic (exact) mass is 296 g/mol. The summed E-state index contributed by atoms with van der Waals surface area (Å²) in [6, 6.07) is 0.463. The maximum Gasteiger partial charge on any atom is 0.573 e. The molecule has 0 radical (unpaired) electrons. The van der Waals surface area contributed by atoms with E-state index in [0.29, 0.717) is 6.07 Å². The molecule has 1 rings (SSSR count). The summed E-state index contributed by atoms with van der Waals surface area (Å²) in [7, 11) is 0. The average molecular weight is 296 g/mol. The van der Waals surface area contributed by atoms with Gasteiger partial charge in [-0.05, 0) is 6.92 Å². The number of pyridine rings is 1. The molecule has 0 aromatic carbocycles. The fourth-order valence-corrected chi connectivity index (χ4v) is 1.50. The van der Waals surface area contributed by atoms with Crippen molar-refractivity contribution >= 4 is 5.97 Å². The van der Waals surface area contributed by atoms with Crippen LogP contribution in [0.15, 0.2) is 6.07 Å². The molecule has 0 aliphatic carbocycles. The number of hydrogen-bond donors (Lipinski definition) is 1. The van der Waals surface area contributed by atoms with Crippen molar-refractivity contribution in [2.24, 2.45) is 5.73 Å². The Labute approximate surface area is 111 Å². The van der Waals surface area contributed by atoms with Crippen molar-refractivity contribution < 1.29 is 31.8 Å². The van der Waals surface area contributed by atoms with Gasteiger partial charge in [0.25, 0.3) is 0 Å². The number of hydrogen-bond acceptors (Lipinski definition) is 5. The van der Waals surface area contributed by atoms with Crippen LogP contribution in [0.2, 0.25) is 0 Å². The number of alkyl halides is 3. The van der Waals surface area contributed by atoms with Gasteiger partial charge in [0.15, 0.2) is 0 Å². The molecule has 0 unspecified atom stereocenters. The molecule has 0 amide bonds. The quantitative estimate of drug-likeness (QED) is 0.508. The van der Waals surface area contributed by atoms with E-state index in [0.717, 1.165) is 0 Å². The van der Waals surface area contributed by atoms with Crippen molar-refractivity contribution in [3.05, 3.63) is 23.3 Å². The molecule has 9 heteroatoms. The Kier molecular flexibility index (Phi) is 5.26. The third-order valence-electron chi connectivity index (χ3n) is 2.18. The van der Waals surface area contributed by atoms with Gasteiger partial charge in [-0.25, -0.2) is 4.98 Å². The van der Waals surface area contributed by atoms with Crippen molar-refractivity contribution in [2.75, 3.05) is 6.61 Å². The minimum Gasteiger partial charge on any atom is -0.466 e. The molecule has 0 aliphatic heterocycles. The van der Waals surface area contributed by atoms with Gasteiger partial charge in [-0.3, -0.25) is 4.79 Å². The lowest BCUT2D eigenvalue weighted by molar-refractivity contribution is -0.275. The summed E-state index contributed by atoms with van der Waals surface area (Å²) >= 11 is 0. The molecule has 20 heavy (non-hydrogen) atoms. The Balaban J connectivity index is 3.13. The second kappa shape index (κ2) is 6.51. The van der Waals surface area contributed by atoms with Crippen LogP contribution in [0.5, 0.6) is 5.75 Å². The maximum absolute atomic E-state index is 13.2. The van der Waals surface area contributed by atoms with Gasteiger partial charge in [-0.2, -0.15) is 4.39 Å². The summed E-state index contributed by atoms with van der Waals surface area (Å²) in [5, 5.41) is 0. The number of nitrogens with zero attached hydrogens (tertiary/aromatic N) is 1. The highest BCUT2D eigenvalue weighted by Crippen LogP contribution is 2.28. The van der Waals surface area contributed by atoms with E-state index in [1.54, 1.807) is 6.92 Å². The van der Waals surface area contributed by atoms with Crippen LogP contribution in [-0.4, -0.2) is 23.9 Å². The molecular weight excluding hydrogens is 284 g/mol. The third-order valence-corrected chi connectivity index (χ3v) is 2.18. The van der Waals surface area contributed by atoms with E-state index < -0.39 is 37.0 Å². The van der Waals surface area contributed by atoms with E-state index in [4.69, 9.17) is 5.73 Å². The highest BCUT2D eigenvalue weighted by Gasteiger charge is 2.33. The first-order valence-electron chi connectivity index (χ1n) is 5.56. The lowest BCUT2D eigenvalue weighted by atomic mass is 10.1. The number of carbonyl (C=O) groups is 1. The van der Waals surface area contributed by atoms with E-state index in [9.17, 15) is 22.4 Å². The molecule has 0 bridgehead atoms. The highest BCUT2D eigenvalue weighted by molar-refractivity contribution is 5.72. The van der Waals surface area contributed by atoms with E-state index in [-0.39, 0.29) is 17.9 Å². The van der Waals surface area contributed by atoms with E-state index >= 15 is 0 Å². The summed E-state index contributed by atoms with van der Waals surface area (Å²) in [6.07, 6.45) is -5.49. The van der Waals surface area contributed by atoms with E-state index in [1.165, 1.54) is 0 Å². The number of ether oxygens (including phenoxy) is 2. The number of carbonyl (C=O) groups excluding carboxylic acids is 1. The molecule has 1 aromatic heterocycles. The van der Waals surface area contributed by atoms with Crippen LogP contribution in [0.4, 0.5) is 17.6 Å². The third kappa shape index (κ3) is 4.65. The predicted octanol–water partition coefficient (Wildman–Crippen LogP) is 1.68. The summed E-state index contributed by atoms with van der Waals surface area (Å²) < 4.78 is 58.1. The van der Waals surface area contributed by atoms with Crippen LogP contribution in [0.25, 0.3) is 0 Å². The molecule has 112 valence electrons. The number of rotatable bonds is 5. The van der Waals surface area contributed by atoms with Crippen LogP contribution in [0, 0.1) is 5.95 Å². The van der Waals surface area contributed by atoms with E-state index in [1.807, 2.05) is 0 Å². The number of nitrogens with two attached hydrogens (primary N) is 1. The molecule has 0 spiro atoms. The van der Waals surface area contributed by atoms with Gasteiger partial charge < -0.3 is 15.2 Å². The van der Waals surface area contributed by atoms with Gasteiger partial charge in [0.1, 0.15) is 5.75 Å². The Hall–Kier alpha value is -1.90. The lowest BCUT2D eigenvalue weighted by Crippen LogP contribution is -2.21. The number of esters is 1. The summed E-state index contributed by atoms with van der Waals surface area (Å²) in [5.41, 5.74) is 4.87. The number of halogens is 4. The zero-order chi connectivity index (χ0) is 15.3. The van der Waals surface area contributed by atoms with Crippen LogP contribution in [-0.2, 0) is 22.5 Å². The minimum absolute atomic E-state index is 0.0814. The molecule has 1 heterocycles. The molecule has 0 atom stereocenters. The second-order valence-corrected chi connectivity index (χ2v) is 3.60. The van der Waals surface area contributed by atoms with Crippen molar-refractivity contribution in [2.45, 2.75) is 26.3 Å². The van der Waals surface area contributed by atoms with Gasteiger partial charge in [-0.1, -0.05) is 0 Å². The standard InChI is InChI=1S/C11H12F4N2O3/c1-2-19-10(18)3-7-6(5-16)8(4-9(12)17-7)20-11(13,14)15/h4H,2-3,5,16H2,1H3. The van der Waals surface area contributed by atoms with Gasteiger partial charge in [0, 0.05) is 18.2 Å². The van der Waals surface area contributed by atoms with E-state index in [2.05, 4.69) is 14.5 Å². The molecule has 0 saturated heterocycles. The second-order valence-electron chi connectivity index (χ2n) is 3.60. The molecule has 0 fully saturated rings. The molecule has 1 aromatic rings. The summed E-state index contributed by atoms with van der Waals surface area (Å²) in [6.45, 7) is 1.24. The largest absolute Gasteiger partial charge is 0.573 e. The fraction of sp³-hybridized carbons (Fsp3) is 0.455. The maximum atomic E-state index is 13.2. The first-order valence-corrected chi connectivity index (χ1v) is 5.56.